The lowest BCUT2D eigenvalue weighted by Gasteiger charge is -2.26. The summed E-state index contributed by atoms with van der Waals surface area (Å²) in [6.45, 7) is 4.40. The van der Waals surface area contributed by atoms with Gasteiger partial charge in [0.2, 0.25) is 0 Å². The first-order valence-electron chi connectivity index (χ1n) is 10.5. The highest BCUT2D eigenvalue weighted by atomic mass is 19.1. The normalized spacial score (nSPS) is 17.9. The number of hydrogen-bond donors (Lipinski definition) is 1. The number of nitrogens with zero attached hydrogens (tertiary/aromatic N) is 1. The van der Waals surface area contributed by atoms with E-state index in [2.05, 4.69) is 13.8 Å². The number of likely N-dealkylation sites (tertiary alicyclic amines) is 1. The van der Waals surface area contributed by atoms with Crippen LogP contribution in [0.1, 0.15) is 48.1 Å². The third kappa shape index (κ3) is 4.06. The van der Waals surface area contributed by atoms with Crippen molar-refractivity contribution in [2.75, 3.05) is 0 Å². The van der Waals surface area contributed by atoms with Crippen LogP contribution < -0.4 is 0 Å². The van der Waals surface area contributed by atoms with Crippen molar-refractivity contribution in [1.82, 2.24) is 4.90 Å². The van der Waals surface area contributed by atoms with Crippen LogP contribution in [-0.4, -0.2) is 21.7 Å². The summed E-state index contributed by atoms with van der Waals surface area (Å²) in [5, 5.41) is 11.0. The van der Waals surface area contributed by atoms with E-state index in [1.807, 2.05) is 54.6 Å². The fourth-order valence-corrected chi connectivity index (χ4v) is 4.00. The Balaban J connectivity index is 1.84. The lowest BCUT2D eigenvalue weighted by atomic mass is 9.93. The number of hydrogen-bond acceptors (Lipinski definition) is 3. The number of aliphatic hydroxyl groups excluding tert-OH is 1. The van der Waals surface area contributed by atoms with Crippen LogP contribution in [0.2, 0.25) is 0 Å². The van der Waals surface area contributed by atoms with Gasteiger partial charge < -0.3 is 10.0 Å². The molecule has 0 aliphatic carbocycles. The molecule has 1 amide bonds. The Morgan fingerprint density at radius 2 is 1.56 bits per heavy atom. The zero-order chi connectivity index (χ0) is 22.8. The van der Waals surface area contributed by atoms with Gasteiger partial charge in [0, 0.05) is 12.1 Å². The zero-order valence-corrected chi connectivity index (χ0v) is 18.0. The average Bonchev–Trinajstić information content (AvgIpc) is 3.05. The molecule has 1 aliphatic heterocycles. The Morgan fingerprint density at radius 1 is 0.938 bits per heavy atom. The molecule has 5 heteroatoms. The molecule has 1 N–H and O–H groups in total. The first kappa shape index (κ1) is 21.5. The minimum Gasteiger partial charge on any atom is -0.507 e. The van der Waals surface area contributed by atoms with Crippen LogP contribution in [0.4, 0.5) is 4.39 Å². The highest BCUT2D eigenvalue weighted by Gasteiger charge is 2.46. The van der Waals surface area contributed by atoms with E-state index in [1.165, 1.54) is 29.2 Å². The minimum atomic E-state index is -0.749. The molecule has 3 aromatic carbocycles. The third-order valence-corrected chi connectivity index (χ3v) is 5.77. The van der Waals surface area contributed by atoms with Gasteiger partial charge in [0.25, 0.3) is 11.7 Å². The number of rotatable bonds is 5. The van der Waals surface area contributed by atoms with Crippen molar-refractivity contribution in [3.05, 3.63) is 113 Å². The van der Waals surface area contributed by atoms with Crippen LogP contribution in [0.15, 0.2) is 84.4 Å². The smallest absolute Gasteiger partial charge is 0.295 e. The van der Waals surface area contributed by atoms with Crippen LogP contribution in [0, 0.1) is 5.82 Å². The molecule has 0 radical (unpaired) electrons. The van der Waals surface area contributed by atoms with Gasteiger partial charge in [-0.15, -0.1) is 0 Å². The molecule has 1 fully saturated rings. The number of halogens is 1. The maximum atomic E-state index is 13.4. The molecule has 0 bridgehead atoms. The summed E-state index contributed by atoms with van der Waals surface area (Å²) >= 11 is 0. The number of aliphatic hydroxyl groups is 1. The lowest BCUT2D eigenvalue weighted by Crippen LogP contribution is -2.29. The SMILES string of the molecule is CC(C)c1ccc(C2C(=C(O)c3ccc(F)cc3)C(=O)C(=O)N2Cc2ccccc2)cc1. The standard InChI is InChI=1S/C27H24FNO3/c1-17(2)19-8-10-20(11-9-19)24-23(25(30)21-12-14-22(28)15-13-21)26(31)27(32)29(24)16-18-6-4-3-5-7-18/h3-15,17,24,30H,16H2,1-2H3. The molecule has 0 saturated carbocycles. The second-order valence-corrected chi connectivity index (χ2v) is 8.24. The summed E-state index contributed by atoms with van der Waals surface area (Å²) < 4.78 is 13.4. The predicted octanol–water partition coefficient (Wildman–Crippen LogP) is 5.57. The summed E-state index contributed by atoms with van der Waals surface area (Å²) in [7, 11) is 0. The summed E-state index contributed by atoms with van der Waals surface area (Å²) in [4.78, 5) is 27.6. The molecule has 1 heterocycles. The number of amides is 1. The Bertz CT molecular complexity index is 1170. The number of benzene rings is 3. The summed E-state index contributed by atoms with van der Waals surface area (Å²) in [5.41, 5.74) is 3.03. The molecule has 4 nitrogen and oxygen atoms in total. The first-order chi connectivity index (χ1) is 15.4. The van der Waals surface area contributed by atoms with E-state index >= 15 is 0 Å². The fraction of sp³-hybridized carbons (Fsp3) is 0.185. The van der Waals surface area contributed by atoms with E-state index in [9.17, 15) is 19.1 Å². The third-order valence-electron chi connectivity index (χ3n) is 5.77. The highest BCUT2D eigenvalue weighted by Crippen LogP contribution is 2.40. The molecule has 1 unspecified atom stereocenters. The van der Waals surface area contributed by atoms with Crippen molar-refractivity contribution >= 4 is 17.4 Å². The second-order valence-electron chi connectivity index (χ2n) is 8.24. The van der Waals surface area contributed by atoms with Crippen LogP contribution in [0.25, 0.3) is 5.76 Å². The maximum Gasteiger partial charge on any atom is 0.295 e. The van der Waals surface area contributed by atoms with Gasteiger partial charge in [0.05, 0.1) is 11.6 Å². The first-order valence-corrected chi connectivity index (χ1v) is 10.5. The van der Waals surface area contributed by atoms with Gasteiger partial charge in [0.15, 0.2) is 0 Å². The average molecular weight is 429 g/mol. The molecule has 0 spiro atoms. The van der Waals surface area contributed by atoms with Gasteiger partial charge in [-0.25, -0.2) is 4.39 Å². The van der Waals surface area contributed by atoms with E-state index < -0.39 is 23.5 Å². The molecule has 0 aromatic heterocycles. The topological polar surface area (TPSA) is 57.6 Å². The highest BCUT2D eigenvalue weighted by molar-refractivity contribution is 6.46. The molecule has 162 valence electrons. The molecule has 1 saturated heterocycles. The van der Waals surface area contributed by atoms with Gasteiger partial charge in [0.1, 0.15) is 11.6 Å². The van der Waals surface area contributed by atoms with E-state index in [0.29, 0.717) is 5.92 Å². The fourth-order valence-electron chi connectivity index (χ4n) is 4.00. The zero-order valence-electron chi connectivity index (χ0n) is 18.0. The largest absolute Gasteiger partial charge is 0.507 e. The van der Waals surface area contributed by atoms with Crippen LogP contribution in [-0.2, 0) is 16.1 Å². The van der Waals surface area contributed by atoms with Crippen LogP contribution in [0.3, 0.4) is 0 Å². The van der Waals surface area contributed by atoms with Gasteiger partial charge in [-0.2, -0.15) is 0 Å². The number of ketones is 1. The van der Waals surface area contributed by atoms with Crippen molar-refractivity contribution < 1.29 is 19.1 Å². The van der Waals surface area contributed by atoms with Gasteiger partial charge >= 0.3 is 0 Å². The Kier molecular flexibility index (Phi) is 5.91. The van der Waals surface area contributed by atoms with Crippen molar-refractivity contribution in [3.63, 3.8) is 0 Å². The van der Waals surface area contributed by atoms with Gasteiger partial charge in [-0.3, -0.25) is 9.59 Å². The molecule has 32 heavy (non-hydrogen) atoms. The maximum absolute atomic E-state index is 13.4. The van der Waals surface area contributed by atoms with E-state index in [0.717, 1.165) is 16.7 Å². The summed E-state index contributed by atoms with van der Waals surface area (Å²) in [6.07, 6.45) is 0. The van der Waals surface area contributed by atoms with Crippen molar-refractivity contribution in [1.29, 1.82) is 0 Å². The molecular formula is C27H24FNO3. The van der Waals surface area contributed by atoms with Crippen LogP contribution >= 0.6 is 0 Å². The summed E-state index contributed by atoms with van der Waals surface area (Å²) in [5.74, 6) is -1.85. The Morgan fingerprint density at radius 3 is 2.16 bits per heavy atom. The predicted molar refractivity (Wildman–Crippen MR) is 121 cm³/mol. The summed E-state index contributed by atoms with van der Waals surface area (Å²) in [6, 6.07) is 21.6. The Labute approximate surface area is 186 Å². The second kappa shape index (κ2) is 8.79. The molecular weight excluding hydrogens is 405 g/mol. The van der Waals surface area contributed by atoms with E-state index in [4.69, 9.17) is 0 Å². The minimum absolute atomic E-state index is 0.00911. The van der Waals surface area contributed by atoms with Crippen molar-refractivity contribution in [3.8, 4) is 0 Å². The molecule has 3 aromatic rings. The number of carbonyl (C=O) groups excluding carboxylic acids is 2. The number of Topliss-reactive ketones (excluding diaryl/α,β-unsaturated/α-hetero) is 1. The molecule has 4 rings (SSSR count). The van der Waals surface area contributed by atoms with Crippen molar-refractivity contribution in [2.45, 2.75) is 32.4 Å². The van der Waals surface area contributed by atoms with Crippen molar-refractivity contribution in [2.24, 2.45) is 0 Å². The number of carbonyl (C=O) groups is 2. The Hall–Kier alpha value is -3.73. The lowest BCUT2D eigenvalue weighted by molar-refractivity contribution is -0.140. The molecule has 1 aliphatic rings. The van der Waals surface area contributed by atoms with Crippen LogP contribution in [0.5, 0.6) is 0 Å². The van der Waals surface area contributed by atoms with Gasteiger partial charge in [-0.05, 0) is 46.9 Å². The van der Waals surface area contributed by atoms with Gasteiger partial charge in [-0.1, -0.05) is 68.4 Å². The van der Waals surface area contributed by atoms with E-state index in [-0.39, 0.29) is 23.4 Å². The molecule has 1 atom stereocenters. The quantitative estimate of drug-likeness (QED) is 0.328. The van der Waals surface area contributed by atoms with E-state index in [1.54, 1.807) is 0 Å². The monoisotopic (exact) mass is 429 g/mol.